The molecule has 2 amide bonds. The van der Waals surface area contributed by atoms with E-state index in [4.69, 9.17) is 0 Å². The van der Waals surface area contributed by atoms with E-state index in [9.17, 15) is 18.4 Å². The highest BCUT2D eigenvalue weighted by Gasteiger charge is 2.18. The van der Waals surface area contributed by atoms with Crippen LogP contribution in [0, 0.1) is 11.6 Å². The Morgan fingerprint density at radius 3 is 2.32 bits per heavy atom. The molecule has 0 spiro atoms. The van der Waals surface area contributed by atoms with Crippen molar-refractivity contribution >= 4 is 11.8 Å². The molecule has 25 heavy (non-hydrogen) atoms. The number of benzene rings is 2. The zero-order chi connectivity index (χ0) is 18.4. The lowest BCUT2D eigenvalue weighted by atomic mass is 10.2. The van der Waals surface area contributed by atoms with Gasteiger partial charge in [0.25, 0.3) is 5.91 Å². The summed E-state index contributed by atoms with van der Waals surface area (Å²) in [6.07, 6.45) is 0. The van der Waals surface area contributed by atoms with Crippen LogP contribution in [0.25, 0.3) is 0 Å². The fourth-order valence-corrected chi connectivity index (χ4v) is 2.34. The molecular formula is C19H20F2N2O2. The van der Waals surface area contributed by atoms with E-state index < -0.39 is 17.5 Å². The number of carbonyl (C=O) groups excluding carboxylic acids is 2. The highest BCUT2D eigenvalue weighted by Crippen LogP contribution is 2.10. The van der Waals surface area contributed by atoms with Gasteiger partial charge in [-0.3, -0.25) is 9.59 Å². The van der Waals surface area contributed by atoms with Crippen LogP contribution in [-0.4, -0.2) is 29.3 Å². The Morgan fingerprint density at radius 1 is 1.04 bits per heavy atom. The smallest absolute Gasteiger partial charge is 0.251 e. The fraction of sp³-hybridized carbons (Fsp3) is 0.263. The third-order valence-electron chi connectivity index (χ3n) is 3.72. The standard InChI is InChI=1S/C19H20F2N2O2/c1-13(2)23(12-14-6-4-3-5-7-14)18(24)11-22-19(25)15-8-9-16(20)17(21)10-15/h3-10,13H,11-12H2,1-2H3,(H,22,25). The van der Waals surface area contributed by atoms with Gasteiger partial charge in [0.15, 0.2) is 11.6 Å². The fourth-order valence-electron chi connectivity index (χ4n) is 2.34. The summed E-state index contributed by atoms with van der Waals surface area (Å²) < 4.78 is 26.1. The molecular weight excluding hydrogens is 326 g/mol. The Bertz CT molecular complexity index is 748. The van der Waals surface area contributed by atoms with Crippen LogP contribution in [0.1, 0.15) is 29.8 Å². The molecule has 1 N–H and O–H groups in total. The van der Waals surface area contributed by atoms with Crippen molar-refractivity contribution in [1.82, 2.24) is 10.2 Å². The molecule has 4 nitrogen and oxygen atoms in total. The van der Waals surface area contributed by atoms with E-state index in [-0.39, 0.29) is 24.1 Å². The van der Waals surface area contributed by atoms with Crippen molar-refractivity contribution in [2.45, 2.75) is 26.4 Å². The van der Waals surface area contributed by atoms with E-state index in [0.717, 1.165) is 17.7 Å². The highest BCUT2D eigenvalue weighted by atomic mass is 19.2. The molecule has 0 atom stereocenters. The number of halogens is 2. The number of rotatable bonds is 6. The Hall–Kier alpha value is -2.76. The SMILES string of the molecule is CC(C)N(Cc1ccccc1)C(=O)CNC(=O)c1ccc(F)c(F)c1. The third-order valence-corrected chi connectivity index (χ3v) is 3.72. The van der Waals surface area contributed by atoms with Gasteiger partial charge in [-0.1, -0.05) is 30.3 Å². The molecule has 6 heteroatoms. The van der Waals surface area contributed by atoms with Crippen LogP contribution in [0.4, 0.5) is 8.78 Å². The predicted octanol–water partition coefficient (Wildman–Crippen LogP) is 3.13. The molecule has 0 fully saturated rings. The largest absolute Gasteiger partial charge is 0.343 e. The lowest BCUT2D eigenvalue weighted by molar-refractivity contribution is -0.132. The van der Waals surface area contributed by atoms with Crippen LogP contribution in [0.15, 0.2) is 48.5 Å². The van der Waals surface area contributed by atoms with Gasteiger partial charge >= 0.3 is 0 Å². The Balaban J connectivity index is 1.98. The van der Waals surface area contributed by atoms with Crippen molar-refractivity contribution in [3.8, 4) is 0 Å². The Morgan fingerprint density at radius 2 is 1.72 bits per heavy atom. The summed E-state index contributed by atoms with van der Waals surface area (Å²) in [4.78, 5) is 26.1. The van der Waals surface area contributed by atoms with Crippen molar-refractivity contribution in [3.63, 3.8) is 0 Å². The second-order valence-electron chi connectivity index (χ2n) is 5.91. The first-order valence-corrected chi connectivity index (χ1v) is 7.95. The van der Waals surface area contributed by atoms with Gasteiger partial charge in [0, 0.05) is 18.2 Å². The van der Waals surface area contributed by atoms with Gasteiger partial charge in [-0.15, -0.1) is 0 Å². The van der Waals surface area contributed by atoms with Crippen molar-refractivity contribution in [3.05, 3.63) is 71.3 Å². The van der Waals surface area contributed by atoms with Gasteiger partial charge in [-0.25, -0.2) is 8.78 Å². The van der Waals surface area contributed by atoms with Gasteiger partial charge in [0.05, 0.1) is 6.54 Å². The summed E-state index contributed by atoms with van der Waals surface area (Å²) in [5.41, 5.74) is 0.947. The summed E-state index contributed by atoms with van der Waals surface area (Å²) in [6, 6.07) is 12.3. The third kappa shape index (κ3) is 5.11. The van der Waals surface area contributed by atoms with Crippen molar-refractivity contribution in [2.24, 2.45) is 0 Å². The molecule has 2 aromatic carbocycles. The first kappa shape index (κ1) is 18.6. The number of hydrogen-bond acceptors (Lipinski definition) is 2. The van der Waals surface area contributed by atoms with Crippen LogP contribution in [0.5, 0.6) is 0 Å². The van der Waals surface area contributed by atoms with Crippen molar-refractivity contribution in [1.29, 1.82) is 0 Å². The van der Waals surface area contributed by atoms with Gasteiger partial charge in [-0.2, -0.15) is 0 Å². The van der Waals surface area contributed by atoms with E-state index in [1.807, 2.05) is 44.2 Å². The van der Waals surface area contributed by atoms with Gasteiger partial charge in [0.2, 0.25) is 5.91 Å². The summed E-state index contributed by atoms with van der Waals surface area (Å²) in [6.45, 7) is 3.98. The average molecular weight is 346 g/mol. The van der Waals surface area contributed by atoms with Crippen LogP contribution >= 0.6 is 0 Å². The minimum atomic E-state index is -1.10. The maximum absolute atomic E-state index is 13.2. The molecule has 0 aliphatic carbocycles. The van der Waals surface area contributed by atoms with Crippen LogP contribution < -0.4 is 5.32 Å². The average Bonchev–Trinajstić information content (AvgIpc) is 2.60. The monoisotopic (exact) mass is 346 g/mol. The number of nitrogens with zero attached hydrogens (tertiary/aromatic N) is 1. The Labute approximate surface area is 145 Å². The zero-order valence-corrected chi connectivity index (χ0v) is 14.1. The minimum absolute atomic E-state index is 0.0362. The molecule has 2 aromatic rings. The predicted molar refractivity (Wildman–Crippen MR) is 90.8 cm³/mol. The van der Waals surface area contributed by atoms with E-state index in [1.54, 1.807) is 4.90 Å². The van der Waals surface area contributed by atoms with E-state index in [0.29, 0.717) is 6.54 Å². The van der Waals surface area contributed by atoms with Crippen LogP contribution in [0.2, 0.25) is 0 Å². The quantitative estimate of drug-likeness (QED) is 0.874. The molecule has 0 heterocycles. The van der Waals surface area contributed by atoms with Crippen LogP contribution in [-0.2, 0) is 11.3 Å². The Kier molecular flexibility index (Phi) is 6.22. The molecule has 0 radical (unpaired) electrons. The summed E-state index contributed by atoms with van der Waals surface area (Å²) in [7, 11) is 0. The first-order valence-electron chi connectivity index (χ1n) is 7.95. The van der Waals surface area contributed by atoms with Gasteiger partial charge < -0.3 is 10.2 Å². The molecule has 0 bridgehead atoms. The zero-order valence-electron chi connectivity index (χ0n) is 14.1. The number of hydrogen-bond donors (Lipinski definition) is 1. The van der Waals surface area contributed by atoms with Crippen molar-refractivity contribution in [2.75, 3.05) is 6.54 Å². The second kappa shape index (κ2) is 8.37. The molecule has 0 saturated carbocycles. The summed E-state index contributed by atoms with van der Waals surface area (Å²) >= 11 is 0. The molecule has 0 unspecified atom stereocenters. The lowest BCUT2D eigenvalue weighted by Gasteiger charge is -2.27. The lowest BCUT2D eigenvalue weighted by Crippen LogP contribution is -2.43. The highest BCUT2D eigenvalue weighted by molar-refractivity contribution is 5.96. The van der Waals surface area contributed by atoms with Gasteiger partial charge in [-0.05, 0) is 37.6 Å². The van der Waals surface area contributed by atoms with E-state index in [2.05, 4.69) is 5.32 Å². The van der Waals surface area contributed by atoms with Gasteiger partial charge in [0.1, 0.15) is 0 Å². The van der Waals surface area contributed by atoms with Crippen molar-refractivity contribution < 1.29 is 18.4 Å². The maximum Gasteiger partial charge on any atom is 0.251 e. The maximum atomic E-state index is 13.2. The topological polar surface area (TPSA) is 49.4 Å². The number of nitrogens with one attached hydrogen (secondary N) is 1. The molecule has 0 aromatic heterocycles. The molecule has 132 valence electrons. The molecule has 0 saturated heterocycles. The minimum Gasteiger partial charge on any atom is -0.343 e. The van der Waals surface area contributed by atoms with Crippen LogP contribution in [0.3, 0.4) is 0 Å². The normalized spacial score (nSPS) is 10.6. The second-order valence-corrected chi connectivity index (χ2v) is 5.91. The molecule has 2 rings (SSSR count). The number of amides is 2. The summed E-state index contributed by atoms with van der Waals surface area (Å²) in [5.74, 6) is -3.02. The first-order chi connectivity index (χ1) is 11.9. The van der Waals surface area contributed by atoms with E-state index >= 15 is 0 Å². The molecule has 0 aliphatic rings. The summed E-state index contributed by atoms with van der Waals surface area (Å²) in [5, 5.41) is 2.45. The number of carbonyl (C=O) groups is 2. The van der Waals surface area contributed by atoms with E-state index in [1.165, 1.54) is 6.07 Å². The molecule has 0 aliphatic heterocycles.